The van der Waals surface area contributed by atoms with E-state index < -0.39 is 0 Å². The first-order valence-electron chi connectivity index (χ1n) is 8.81. The van der Waals surface area contributed by atoms with Crippen LogP contribution in [0.2, 0.25) is 0 Å². The summed E-state index contributed by atoms with van der Waals surface area (Å²) in [6, 6.07) is 17.8. The van der Waals surface area contributed by atoms with Crippen LogP contribution in [0.5, 0.6) is 0 Å². The Morgan fingerprint density at radius 1 is 1.22 bits per heavy atom. The highest BCUT2D eigenvalue weighted by atomic mass is 32.2. The third kappa shape index (κ3) is 4.47. The smallest absolute Gasteiger partial charge is 0.234 e. The minimum atomic E-state index is -0.118. The molecule has 2 aromatic carbocycles. The lowest BCUT2D eigenvalue weighted by molar-refractivity contribution is -0.113. The maximum Gasteiger partial charge on any atom is 0.234 e. The largest absolute Gasteiger partial charge is 0.325 e. The lowest BCUT2D eigenvalue weighted by atomic mass is 10.0. The average molecular weight is 375 g/mol. The van der Waals surface area contributed by atoms with Crippen molar-refractivity contribution in [2.75, 3.05) is 11.1 Å². The molecule has 4 nitrogen and oxygen atoms in total. The summed E-state index contributed by atoms with van der Waals surface area (Å²) in [5.41, 5.74) is 4.41. The standard InChI is InChI=1S/C22H21N3OS/c1-14(2)16-7-9-19(10-8-16)24-20(26)13-27-22-18(12-23)11-17-6-4-5-15(3)21(17)25-22/h4-11,14H,13H2,1-3H3,(H,24,26). The van der Waals surface area contributed by atoms with Gasteiger partial charge in [-0.3, -0.25) is 4.79 Å². The van der Waals surface area contributed by atoms with Crippen molar-refractivity contribution in [3.63, 3.8) is 0 Å². The average Bonchev–Trinajstić information content (AvgIpc) is 2.66. The molecule has 5 heteroatoms. The number of benzene rings is 2. The quantitative estimate of drug-likeness (QED) is 0.617. The van der Waals surface area contributed by atoms with Crippen molar-refractivity contribution < 1.29 is 4.79 Å². The number of pyridine rings is 1. The number of nitrogens with one attached hydrogen (secondary N) is 1. The van der Waals surface area contributed by atoms with Crippen LogP contribution < -0.4 is 5.32 Å². The minimum Gasteiger partial charge on any atom is -0.325 e. The first-order valence-corrected chi connectivity index (χ1v) is 9.79. The molecule has 0 bridgehead atoms. The van der Waals surface area contributed by atoms with Gasteiger partial charge in [0.05, 0.1) is 16.8 Å². The van der Waals surface area contributed by atoms with E-state index in [2.05, 4.69) is 30.2 Å². The van der Waals surface area contributed by atoms with Gasteiger partial charge >= 0.3 is 0 Å². The van der Waals surface area contributed by atoms with Gasteiger partial charge in [0.1, 0.15) is 11.1 Å². The van der Waals surface area contributed by atoms with Gasteiger partial charge in [0.2, 0.25) is 5.91 Å². The normalized spacial score (nSPS) is 10.8. The molecule has 0 saturated carbocycles. The highest BCUT2D eigenvalue weighted by Crippen LogP contribution is 2.26. The van der Waals surface area contributed by atoms with E-state index in [0.29, 0.717) is 16.5 Å². The lowest BCUT2D eigenvalue weighted by Gasteiger charge is -2.09. The summed E-state index contributed by atoms with van der Waals surface area (Å²) >= 11 is 1.28. The number of hydrogen-bond acceptors (Lipinski definition) is 4. The highest BCUT2D eigenvalue weighted by Gasteiger charge is 2.11. The van der Waals surface area contributed by atoms with Gasteiger partial charge in [-0.2, -0.15) is 5.26 Å². The Morgan fingerprint density at radius 3 is 2.63 bits per heavy atom. The number of amides is 1. The Hall–Kier alpha value is -2.84. The van der Waals surface area contributed by atoms with E-state index in [1.807, 2.05) is 55.5 Å². The van der Waals surface area contributed by atoms with Crippen LogP contribution in [-0.2, 0) is 4.79 Å². The van der Waals surface area contributed by atoms with Crippen molar-refractivity contribution in [2.24, 2.45) is 0 Å². The van der Waals surface area contributed by atoms with Crippen molar-refractivity contribution in [2.45, 2.75) is 31.7 Å². The van der Waals surface area contributed by atoms with Gasteiger partial charge in [-0.25, -0.2) is 4.98 Å². The molecule has 1 amide bonds. The van der Waals surface area contributed by atoms with Crippen LogP contribution in [0.1, 0.15) is 36.5 Å². The molecule has 136 valence electrons. The van der Waals surface area contributed by atoms with Gasteiger partial charge in [0, 0.05) is 11.1 Å². The number of anilines is 1. The number of hydrogen-bond donors (Lipinski definition) is 1. The predicted octanol–water partition coefficient (Wildman–Crippen LogP) is 5.27. The Morgan fingerprint density at radius 2 is 1.96 bits per heavy atom. The number of fused-ring (bicyclic) bond motifs is 1. The van der Waals surface area contributed by atoms with Crippen molar-refractivity contribution in [3.8, 4) is 6.07 Å². The summed E-state index contributed by atoms with van der Waals surface area (Å²) in [6.07, 6.45) is 0. The van der Waals surface area contributed by atoms with Gasteiger partial charge in [0.25, 0.3) is 0 Å². The fraction of sp³-hybridized carbons (Fsp3) is 0.227. The summed E-state index contributed by atoms with van der Waals surface area (Å²) in [5, 5.41) is 13.8. The number of aryl methyl sites for hydroxylation is 1. The summed E-state index contributed by atoms with van der Waals surface area (Å²) < 4.78 is 0. The maximum absolute atomic E-state index is 12.3. The highest BCUT2D eigenvalue weighted by molar-refractivity contribution is 8.00. The number of carbonyl (C=O) groups excluding carboxylic acids is 1. The molecule has 0 spiro atoms. The van der Waals surface area contributed by atoms with Gasteiger partial charge in [-0.1, -0.05) is 55.9 Å². The van der Waals surface area contributed by atoms with E-state index >= 15 is 0 Å². The van der Waals surface area contributed by atoms with Crippen LogP contribution in [-0.4, -0.2) is 16.6 Å². The number of nitrogens with zero attached hydrogens (tertiary/aromatic N) is 2. The number of rotatable bonds is 5. The van der Waals surface area contributed by atoms with Crippen LogP contribution in [0.15, 0.2) is 53.6 Å². The van der Waals surface area contributed by atoms with Gasteiger partial charge < -0.3 is 5.32 Å². The molecular formula is C22H21N3OS. The Balaban J connectivity index is 1.71. The molecule has 3 aromatic rings. The van der Waals surface area contributed by atoms with E-state index in [-0.39, 0.29) is 11.7 Å². The van der Waals surface area contributed by atoms with Crippen molar-refractivity contribution >= 4 is 34.3 Å². The van der Waals surface area contributed by atoms with Crippen molar-refractivity contribution in [1.82, 2.24) is 4.98 Å². The van der Waals surface area contributed by atoms with Gasteiger partial charge in [0.15, 0.2) is 0 Å². The number of aromatic nitrogens is 1. The zero-order chi connectivity index (χ0) is 19.4. The first-order chi connectivity index (χ1) is 13.0. The molecule has 0 aliphatic carbocycles. The molecule has 0 radical (unpaired) electrons. The molecule has 1 heterocycles. The van der Waals surface area contributed by atoms with Gasteiger partial charge in [-0.05, 0) is 42.2 Å². The zero-order valence-electron chi connectivity index (χ0n) is 15.6. The number of nitriles is 1. The molecule has 1 aromatic heterocycles. The fourth-order valence-electron chi connectivity index (χ4n) is 2.80. The Bertz CT molecular complexity index is 1020. The van der Waals surface area contributed by atoms with Crippen molar-refractivity contribution in [1.29, 1.82) is 5.26 Å². The van der Waals surface area contributed by atoms with E-state index in [9.17, 15) is 10.1 Å². The predicted molar refractivity (Wildman–Crippen MR) is 111 cm³/mol. The lowest BCUT2D eigenvalue weighted by Crippen LogP contribution is -2.14. The molecule has 0 aliphatic heterocycles. The van der Waals surface area contributed by atoms with Crippen LogP contribution in [0.3, 0.4) is 0 Å². The van der Waals surface area contributed by atoms with Crippen LogP contribution in [0.25, 0.3) is 10.9 Å². The molecule has 0 atom stereocenters. The third-order valence-corrected chi connectivity index (χ3v) is 5.33. The topological polar surface area (TPSA) is 65.8 Å². The van der Waals surface area contributed by atoms with E-state index in [4.69, 9.17) is 0 Å². The molecule has 1 N–H and O–H groups in total. The number of carbonyl (C=O) groups is 1. The van der Waals surface area contributed by atoms with Crippen LogP contribution >= 0.6 is 11.8 Å². The molecule has 0 unspecified atom stereocenters. The molecule has 0 saturated heterocycles. The SMILES string of the molecule is Cc1cccc2cc(C#N)c(SCC(=O)Nc3ccc(C(C)C)cc3)nc12. The molecule has 27 heavy (non-hydrogen) atoms. The van der Waals surface area contributed by atoms with Gasteiger partial charge in [-0.15, -0.1) is 0 Å². The second-order valence-electron chi connectivity index (χ2n) is 6.71. The van der Waals surface area contributed by atoms with E-state index in [0.717, 1.165) is 22.2 Å². The Labute approximate surface area is 163 Å². The second kappa shape index (κ2) is 8.24. The summed E-state index contributed by atoms with van der Waals surface area (Å²) in [7, 11) is 0. The minimum absolute atomic E-state index is 0.118. The summed E-state index contributed by atoms with van der Waals surface area (Å²) in [5.74, 6) is 0.537. The molecule has 0 aliphatic rings. The van der Waals surface area contributed by atoms with Crippen LogP contribution in [0, 0.1) is 18.3 Å². The maximum atomic E-state index is 12.3. The van der Waals surface area contributed by atoms with E-state index in [1.165, 1.54) is 17.3 Å². The van der Waals surface area contributed by atoms with E-state index in [1.54, 1.807) is 0 Å². The second-order valence-corrected chi connectivity index (χ2v) is 7.68. The zero-order valence-corrected chi connectivity index (χ0v) is 16.4. The van der Waals surface area contributed by atoms with Crippen molar-refractivity contribution in [3.05, 3.63) is 65.2 Å². The van der Waals surface area contributed by atoms with Crippen LogP contribution in [0.4, 0.5) is 5.69 Å². The Kier molecular flexibility index (Phi) is 5.78. The number of thioether (sulfide) groups is 1. The summed E-state index contributed by atoms with van der Waals surface area (Å²) in [4.78, 5) is 16.9. The molecule has 0 fully saturated rings. The summed E-state index contributed by atoms with van der Waals surface area (Å²) in [6.45, 7) is 6.26. The fourth-order valence-corrected chi connectivity index (χ4v) is 3.56. The molecule has 3 rings (SSSR count). The monoisotopic (exact) mass is 375 g/mol. The first kappa shape index (κ1) is 18.9. The molecular weight excluding hydrogens is 354 g/mol. The third-order valence-electron chi connectivity index (χ3n) is 4.33. The number of para-hydroxylation sites is 1.